The fourth-order valence-electron chi connectivity index (χ4n) is 5.46. The zero-order valence-corrected chi connectivity index (χ0v) is 27.2. The molecule has 0 bridgehead atoms. The van der Waals surface area contributed by atoms with Crippen molar-refractivity contribution in [3.63, 3.8) is 0 Å². The second-order valence-corrected chi connectivity index (χ2v) is 11.7. The molecule has 13 nitrogen and oxygen atoms in total. The van der Waals surface area contributed by atoms with Gasteiger partial charge in [-0.3, -0.25) is 24.2 Å². The monoisotopic (exact) mass is 670 g/mol. The number of fused-ring (bicyclic) bond motifs is 1. The number of pyridine rings is 1. The van der Waals surface area contributed by atoms with Crippen LogP contribution in [0.25, 0.3) is 10.9 Å². The minimum atomic E-state index is -3.36. The van der Waals surface area contributed by atoms with Gasteiger partial charge in [-0.15, -0.1) is 0 Å². The number of aliphatic hydroxyl groups excluding tert-OH is 1. The van der Waals surface area contributed by atoms with Crippen molar-refractivity contribution in [2.45, 2.75) is 43.9 Å². The van der Waals surface area contributed by atoms with E-state index in [1.807, 2.05) is 19.0 Å². The Bertz CT molecular complexity index is 1650. The van der Waals surface area contributed by atoms with E-state index in [0.717, 1.165) is 11.4 Å². The number of nitrogens with one attached hydrogen (secondary N) is 3. The third-order valence-electron chi connectivity index (χ3n) is 7.88. The predicted octanol–water partition coefficient (Wildman–Crippen LogP) is 2.18. The number of benzene rings is 2. The van der Waals surface area contributed by atoms with Crippen LogP contribution in [0.5, 0.6) is 11.5 Å². The molecule has 1 aromatic heterocycles. The molecular weight excluding hydrogens is 630 g/mol. The number of ether oxygens (including phenoxy) is 2. The Labute approximate surface area is 276 Å². The minimum absolute atomic E-state index is 0.0505. The zero-order valence-electron chi connectivity index (χ0n) is 27.2. The molecule has 258 valence electrons. The number of rotatable bonds is 14. The molecule has 4 rings (SSSR count). The number of nitrogens with zero attached hydrogens (tertiary/aromatic N) is 3. The fourth-order valence-corrected chi connectivity index (χ4v) is 5.46. The lowest BCUT2D eigenvalue weighted by Gasteiger charge is -2.27. The highest BCUT2D eigenvalue weighted by atomic mass is 19.3. The van der Waals surface area contributed by atoms with Crippen LogP contribution >= 0.6 is 0 Å². The van der Waals surface area contributed by atoms with Gasteiger partial charge in [0.15, 0.2) is 17.6 Å². The average Bonchev–Trinajstić information content (AvgIpc) is 3.40. The highest BCUT2D eigenvalue weighted by molar-refractivity contribution is 6.10. The van der Waals surface area contributed by atoms with Crippen LogP contribution in [0.4, 0.5) is 14.5 Å². The van der Waals surface area contributed by atoms with Gasteiger partial charge in [-0.1, -0.05) is 18.2 Å². The van der Waals surface area contributed by atoms with Crippen molar-refractivity contribution in [3.05, 3.63) is 59.8 Å². The quantitative estimate of drug-likeness (QED) is 0.201. The van der Waals surface area contributed by atoms with Crippen molar-refractivity contribution in [1.29, 1.82) is 0 Å². The van der Waals surface area contributed by atoms with Crippen LogP contribution < -0.4 is 25.4 Å². The van der Waals surface area contributed by atoms with Gasteiger partial charge in [0, 0.05) is 31.0 Å². The van der Waals surface area contributed by atoms with E-state index in [-0.39, 0.29) is 18.0 Å². The second-order valence-electron chi connectivity index (χ2n) is 11.7. The largest absolute Gasteiger partial charge is 0.493 e. The summed E-state index contributed by atoms with van der Waals surface area (Å²) in [5, 5.41) is 18.9. The summed E-state index contributed by atoms with van der Waals surface area (Å²) in [6, 6.07) is 9.75. The first-order valence-electron chi connectivity index (χ1n) is 15.3. The maximum absolute atomic E-state index is 14.5. The van der Waals surface area contributed by atoms with E-state index in [4.69, 9.17) is 9.47 Å². The molecule has 48 heavy (non-hydrogen) atoms. The van der Waals surface area contributed by atoms with Crippen molar-refractivity contribution in [2.24, 2.45) is 0 Å². The van der Waals surface area contributed by atoms with Crippen LogP contribution in [0.15, 0.2) is 48.7 Å². The number of likely N-dealkylation sites (tertiary alicyclic amines) is 1. The maximum Gasteiger partial charge on any atom is 0.267 e. The SMILES string of the molecule is COc1ccc(CNC(=O)C(O)[C@@H]2CC(F)(F)CN2C(=O)CNC(=O)c2ccnc3c(NC(=O)CCCN(C)C)cccc23)cc1OC. The van der Waals surface area contributed by atoms with E-state index < -0.39 is 55.3 Å². The summed E-state index contributed by atoms with van der Waals surface area (Å²) in [6.45, 7) is -1.00. The molecular formula is C33H40F2N6O7. The molecule has 0 aliphatic carbocycles. The van der Waals surface area contributed by atoms with Crippen LogP contribution in [0.2, 0.25) is 0 Å². The van der Waals surface area contributed by atoms with Crippen LogP contribution in [0, 0.1) is 0 Å². The smallest absolute Gasteiger partial charge is 0.267 e. The normalized spacial score (nSPS) is 16.0. The van der Waals surface area contributed by atoms with Gasteiger partial charge in [0.05, 0.1) is 50.1 Å². The molecule has 1 aliphatic heterocycles. The highest BCUT2D eigenvalue weighted by Crippen LogP contribution is 2.34. The molecule has 3 aromatic rings. The molecule has 0 radical (unpaired) electrons. The van der Waals surface area contributed by atoms with Gasteiger partial charge >= 0.3 is 0 Å². The van der Waals surface area contributed by atoms with E-state index in [1.54, 1.807) is 36.4 Å². The number of carbonyl (C=O) groups excluding carboxylic acids is 4. The Balaban J connectivity index is 1.39. The van der Waals surface area contributed by atoms with E-state index in [1.165, 1.54) is 26.5 Å². The summed E-state index contributed by atoms with van der Waals surface area (Å²) in [5.41, 5.74) is 1.51. The molecule has 4 N–H and O–H groups in total. The van der Waals surface area contributed by atoms with Gasteiger partial charge in [0.2, 0.25) is 11.8 Å². The first-order chi connectivity index (χ1) is 22.8. The molecule has 1 unspecified atom stereocenters. The minimum Gasteiger partial charge on any atom is -0.493 e. The number of anilines is 1. The second kappa shape index (κ2) is 15.8. The first kappa shape index (κ1) is 36.0. The molecule has 2 aromatic carbocycles. The zero-order chi connectivity index (χ0) is 35.0. The Kier molecular flexibility index (Phi) is 11.8. The number of amides is 4. The Morgan fingerprint density at radius 3 is 2.54 bits per heavy atom. The molecule has 15 heteroatoms. The Hall–Kier alpha value is -4.89. The number of hydrogen-bond acceptors (Lipinski definition) is 9. The number of halogens is 2. The standard InChI is InChI=1S/C33H40F2N6O7/c1-40(2)14-6-9-27(42)39-23-8-5-7-21-22(12-13-36-29(21)23)31(45)38-18-28(43)41-19-33(34,35)16-24(41)30(44)32(46)37-17-20-10-11-25(47-3)26(15-20)48-4/h5,7-8,10-13,15,24,30,44H,6,9,14,16-19H2,1-4H3,(H,37,46)(H,38,45)(H,39,42)/t24-,30?/m0/s1. The summed E-state index contributed by atoms with van der Waals surface area (Å²) in [4.78, 5) is 58.6. The molecule has 4 amide bonds. The Morgan fingerprint density at radius 1 is 1.08 bits per heavy atom. The van der Waals surface area contributed by atoms with Gasteiger partial charge in [0.1, 0.15) is 0 Å². The molecule has 0 spiro atoms. The first-order valence-corrected chi connectivity index (χ1v) is 15.3. The van der Waals surface area contributed by atoms with Gasteiger partial charge in [0.25, 0.3) is 17.7 Å². The molecule has 0 saturated carbocycles. The fraction of sp³-hybridized carbons (Fsp3) is 0.424. The van der Waals surface area contributed by atoms with Crippen molar-refractivity contribution < 1.29 is 42.5 Å². The summed E-state index contributed by atoms with van der Waals surface area (Å²) < 4.78 is 39.5. The number of hydrogen-bond donors (Lipinski definition) is 4. The van der Waals surface area contributed by atoms with E-state index >= 15 is 0 Å². The predicted molar refractivity (Wildman–Crippen MR) is 173 cm³/mol. The average molecular weight is 671 g/mol. The van der Waals surface area contributed by atoms with Crippen molar-refractivity contribution in [2.75, 3.05) is 53.3 Å². The maximum atomic E-state index is 14.5. The van der Waals surface area contributed by atoms with Crippen LogP contribution in [-0.2, 0) is 20.9 Å². The molecule has 1 aliphatic rings. The van der Waals surface area contributed by atoms with E-state index in [0.29, 0.717) is 46.5 Å². The van der Waals surface area contributed by atoms with Crippen LogP contribution in [-0.4, -0.2) is 110 Å². The third-order valence-corrected chi connectivity index (χ3v) is 7.88. The van der Waals surface area contributed by atoms with Gasteiger partial charge in [-0.2, -0.15) is 0 Å². The molecule has 2 heterocycles. The van der Waals surface area contributed by atoms with E-state index in [2.05, 4.69) is 20.9 Å². The van der Waals surface area contributed by atoms with Crippen LogP contribution in [0.1, 0.15) is 35.2 Å². The topological polar surface area (TPSA) is 162 Å². The van der Waals surface area contributed by atoms with Crippen LogP contribution in [0.3, 0.4) is 0 Å². The summed E-state index contributed by atoms with van der Waals surface area (Å²) in [5.74, 6) is -5.21. The van der Waals surface area contributed by atoms with Gasteiger partial charge in [-0.25, -0.2) is 8.78 Å². The molecule has 1 fully saturated rings. The van der Waals surface area contributed by atoms with Crippen molar-refractivity contribution >= 4 is 40.2 Å². The molecule has 2 atom stereocenters. The number of alkyl halides is 2. The summed E-state index contributed by atoms with van der Waals surface area (Å²) in [7, 11) is 6.75. The number of aromatic nitrogens is 1. The summed E-state index contributed by atoms with van der Waals surface area (Å²) in [6.07, 6.45) is -0.560. The number of carbonyl (C=O) groups is 4. The highest BCUT2D eigenvalue weighted by Gasteiger charge is 2.51. The van der Waals surface area contributed by atoms with Crippen molar-refractivity contribution in [3.8, 4) is 11.5 Å². The number of aliphatic hydroxyl groups is 1. The lowest BCUT2D eigenvalue weighted by Crippen LogP contribution is -2.51. The lowest BCUT2D eigenvalue weighted by molar-refractivity contribution is -0.139. The molecule has 1 saturated heterocycles. The summed E-state index contributed by atoms with van der Waals surface area (Å²) >= 11 is 0. The third kappa shape index (κ3) is 8.92. The van der Waals surface area contributed by atoms with Crippen molar-refractivity contribution in [1.82, 2.24) is 25.4 Å². The number of methoxy groups -OCH3 is 2. The van der Waals surface area contributed by atoms with Gasteiger partial charge < -0.3 is 40.3 Å². The Morgan fingerprint density at radius 2 is 1.83 bits per heavy atom. The van der Waals surface area contributed by atoms with E-state index in [9.17, 15) is 33.1 Å². The lowest BCUT2D eigenvalue weighted by atomic mass is 10.1. The number of para-hydroxylation sites is 1. The van der Waals surface area contributed by atoms with Gasteiger partial charge in [-0.05, 0) is 56.9 Å².